The summed E-state index contributed by atoms with van der Waals surface area (Å²) in [5.41, 5.74) is 7.92. The first-order valence-electron chi connectivity index (χ1n) is 17.2. The average Bonchev–Trinajstić information content (AvgIpc) is 3.98. The number of hydrogen-bond donors (Lipinski definition) is 0. The molecular formula is C48H28S2Se. The molecule has 0 aliphatic heterocycles. The van der Waals surface area contributed by atoms with E-state index in [4.69, 9.17) is 0 Å². The first-order chi connectivity index (χ1) is 25.3. The van der Waals surface area contributed by atoms with E-state index in [9.17, 15) is 0 Å². The normalized spacial score (nSPS) is 11.9. The van der Waals surface area contributed by atoms with Crippen LogP contribution in [0.4, 0.5) is 0 Å². The molecule has 0 atom stereocenters. The van der Waals surface area contributed by atoms with Crippen LogP contribution in [0.25, 0.3) is 106 Å². The number of thiophene rings is 2. The SMILES string of the molecule is c1csc(-c2c3ccccc3c(-c3ccc4c(c3)[se]c3ccc(-c5c6ccccc6c(-c6cccs6)c6ccccc56)cc34)c3ccccc23)c1. The van der Waals surface area contributed by atoms with Crippen LogP contribution in [0.5, 0.6) is 0 Å². The van der Waals surface area contributed by atoms with Crippen molar-refractivity contribution < 1.29 is 0 Å². The van der Waals surface area contributed by atoms with Crippen molar-refractivity contribution in [2.24, 2.45) is 0 Å². The van der Waals surface area contributed by atoms with Crippen LogP contribution >= 0.6 is 22.7 Å². The molecule has 0 fully saturated rings. The van der Waals surface area contributed by atoms with Gasteiger partial charge in [-0.2, -0.15) is 0 Å². The maximum atomic E-state index is 2.49. The fraction of sp³-hybridized carbons (Fsp3) is 0. The zero-order chi connectivity index (χ0) is 33.5. The van der Waals surface area contributed by atoms with E-state index in [0.29, 0.717) is 0 Å². The molecule has 51 heavy (non-hydrogen) atoms. The predicted octanol–water partition coefficient (Wildman–Crippen LogP) is 14.5. The van der Waals surface area contributed by atoms with Gasteiger partial charge in [0.2, 0.25) is 0 Å². The van der Waals surface area contributed by atoms with Gasteiger partial charge >= 0.3 is 311 Å². The van der Waals surface area contributed by atoms with Gasteiger partial charge in [0.05, 0.1) is 0 Å². The molecule has 11 aromatic rings. The summed E-state index contributed by atoms with van der Waals surface area (Å²) in [7, 11) is 0. The minimum atomic E-state index is 0.231. The van der Waals surface area contributed by atoms with Crippen LogP contribution in [0.3, 0.4) is 0 Å². The molecule has 0 spiro atoms. The summed E-state index contributed by atoms with van der Waals surface area (Å²) in [6.07, 6.45) is 0. The Hall–Kier alpha value is -5.28. The Balaban J connectivity index is 1.13. The van der Waals surface area contributed by atoms with E-state index < -0.39 is 0 Å². The first-order valence-corrected chi connectivity index (χ1v) is 20.7. The molecule has 0 unspecified atom stereocenters. The fourth-order valence-corrected chi connectivity index (χ4v) is 12.3. The van der Waals surface area contributed by atoms with Crippen molar-refractivity contribution in [3.05, 3.63) is 168 Å². The van der Waals surface area contributed by atoms with Crippen molar-refractivity contribution in [2.75, 3.05) is 0 Å². The van der Waals surface area contributed by atoms with Crippen LogP contribution in [0.15, 0.2) is 168 Å². The van der Waals surface area contributed by atoms with E-state index in [1.807, 2.05) is 22.7 Å². The van der Waals surface area contributed by atoms with Crippen LogP contribution in [0.1, 0.15) is 0 Å². The summed E-state index contributed by atoms with van der Waals surface area (Å²) in [6.45, 7) is 0. The number of hydrogen-bond acceptors (Lipinski definition) is 2. The van der Waals surface area contributed by atoms with Gasteiger partial charge < -0.3 is 0 Å². The van der Waals surface area contributed by atoms with Gasteiger partial charge in [0.1, 0.15) is 0 Å². The summed E-state index contributed by atoms with van der Waals surface area (Å²) in [4.78, 5) is 2.64. The Morgan fingerprint density at radius 2 is 0.706 bits per heavy atom. The Kier molecular flexibility index (Phi) is 6.72. The van der Waals surface area contributed by atoms with Crippen molar-refractivity contribution >= 4 is 99.6 Å². The molecule has 0 saturated heterocycles. The molecule has 0 nitrogen and oxygen atoms in total. The molecule has 0 aliphatic carbocycles. The van der Waals surface area contributed by atoms with Crippen molar-refractivity contribution in [1.29, 1.82) is 0 Å². The molecule has 0 bridgehead atoms. The molecule has 0 radical (unpaired) electrons. The Labute approximate surface area is 309 Å². The molecule has 3 heteroatoms. The maximum absolute atomic E-state index is 2.49. The van der Waals surface area contributed by atoms with Gasteiger partial charge in [-0.1, -0.05) is 0 Å². The summed E-state index contributed by atoms with van der Waals surface area (Å²) < 4.78 is 2.93. The average molecular weight is 748 g/mol. The van der Waals surface area contributed by atoms with Crippen LogP contribution in [0, 0.1) is 0 Å². The second-order valence-electron chi connectivity index (χ2n) is 13.2. The van der Waals surface area contributed by atoms with Gasteiger partial charge in [0.25, 0.3) is 0 Å². The van der Waals surface area contributed by atoms with Gasteiger partial charge in [-0.05, 0) is 0 Å². The molecule has 0 N–H and O–H groups in total. The fourth-order valence-electron chi connectivity index (χ4n) is 8.34. The number of rotatable bonds is 4. The molecule has 238 valence electrons. The van der Waals surface area contributed by atoms with Crippen molar-refractivity contribution in [1.82, 2.24) is 0 Å². The topological polar surface area (TPSA) is 0 Å². The van der Waals surface area contributed by atoms with Gasteiger partial charge in [0.15, 0.2) is 0 Å². The molecule has 8 aromatic carbocycles. The minimum absolute atomic E-state index is 0.231. The van der Waals surface area contributed by atoms with Gasteiger partial charge in [-0.3, -0.25) is 0 Å². The van der Waals surface area contributed by atoms with Crippen molar-refractivity contribution in [3.8, 4) is 43.1 Å². The molecule has 0 amide bonds. The Morgan fingerprint density at radius 1 is 0.294 bits per heavy atom. The summed E-state index contributed by atoms with van der Waals surface area (Å²) >= 11 is 3.87. The third kappa shape index (κ3) is 4.50. The van der Waals surface area contributed by atoms with Crippen LogP contribution < -0.4 is 0 Å². The van der Waals surface area contributed by atoms with Gasteiger partial charge in [0, 0.05) is 0 Å². The van der Waals surface area contributed by atoms with Gasteiger partial charge in [-0.15, -0.1) is 0 Å². The summed E-state index contributed by atoms with van der Waals surface area (Å²) in [5.74, 6) is 0. The predicted molar refractivity (Wildman–Crippen MR) is 226 cm³/mol. The standard InChI is InChI=1S/C48H28S2Se/c1-5-15-36-32(11-1)45(33-12-2-6-16-37(33)47(36)41-19-9-25-49-41)29-22-24-43-40(27-29)31-23-21-30(28-44(31)51-43)46-34-13-3-7-17-38(34)48(42-20-10-26-50-42)39-18-8-4-14-35(39)46/h1-28H. The zero-order valence-corrected chi connectivity index (χ0v) is 30.7. The molecule has 0 saturated carbocycles. The number of fused-ring (bicyclic) bond motifs is 7. The molecular weight excluding hydrogens is 720 g/mol. The number of benzene rings is 8. The quantitative estimate of drug-likeness (QED) is 0.124. The zero-order valence-electron chi connectivity index (χ0n) is 27.4. The van der Waals surface area contributed by atoms with E-state index >= 15 is 0 Å². The summed E-state index contributed by atoms with van der Waals surface area (Å²) in [6, 6.07) is 59.3. The van der Waals surface area contributed by atoms with Crippen LogP contribution in [0.2, 0.25) is 0 Å². The molecule has 11 rings (SSSR count). The monoisotopic (exact) mass is 748 g/mol. The second kappa shape index (κ2) is 11.6. The third-order valence-corrected chi connectivity index (χ3v) is 14.6. The van der Waals surface area contributed by atoms with Crippen LogP contribution in [-0.2, 0) is 0 Å². The summed E-state index contributed by atoms with van der Waals surface area (Å²) in [5, 5.41) is 17.6. The molecule has 3 aromatic heterocycles. The van der Waals surface area contributed by atoms with E-state index in [1.165, 1.54) is 106 Å². The Morgan fingerprint density at radius 3 is 1.14 bits per heavy atom. The van der Waals surface area contributed by atoms with E-state index in [0.717, 1.165) is 0 Å². The van der Waals surface area contributed by atoms with E-state index in [1.54, 1.807) is 0 Å². The van der Waals surface area contributed by atoms with Crippen molar-refractivity contribution in [2.45, 2.75) is 0 Å². The molecule has 3 heterocycles. The first kappa shape index (κ1) is 29.4. The van der Waals surface area contributed by atoms with Crippen molar-refractivity contribution in [3.63, 3.8) is 0 Å². The van der Waals surface area contributed by atoms with Crippen LogP contribution in [-0.4, -0.2) is 14.5 Å². The second-order valence-corrected chi connectivity index (χ2v) is 17.3. The third-order valence-electron chi connectivity index (χ3n) is 10.4. The van der Waals surface area contributed by atoms with E-state index in [2.05, 4.69) is 168 Å². The van der Waals surface area contributed by atoms with E-state index in [-0.39, 0.29) is 14.5 Å². The van der Waals surface area contributed by atoms with Gasteiger partial charge in [-0.25, -0.2) is 0 Å². The molecule has 0 aliphatic rings. The Bertz CT molecular complexity index is 3010.